The smallest absolute Gasteiger partial charge is 0.136 e. The Hall–Kier alpha value is -4.52. The van der Waals surface area contributed by atoms with Crippen LogP contribution < -0.4 is 0 Å². The zero-order valence-corrected chi connectivity index (χ0v) is 19.1. The van der Waals surface area contributed by atoms with Crippen LogP contribution in [0.2, 0.25) is 5.02 Å². The third kappa shape index (κ3) is 2.98. The minimum absolute atomic E-state index is 0.566. The minimum atomic E-state index is 0.566. The highest BCUT2D eigenvalue weighted by Crippen LogP contribution is 2.42. The minimum Gasteiger partial charge on any atom is -0.456 e. The largest absolute Gasteiger partial charge is 0.456 e. The quantitative estimate of drug-likeness (QED) is 0.253. The van der Waals surface area contributed by atoms with Gasteiger partial charge < -0.3 is 8.83 Å². The first-order valence-corrected chi connectivity index (χ1v) is 11.6. The molecule has 0 spiro atoms. The van der Waals surface area contributed by atoms with Gasteiger partial charge in [0.05, 0.1) is 5.56 Å². The topological polar surface area (TPSA) is 50.1 Å². The third-order valence-electron chi connectivity index (χ3n) is 6.60. The molecule has 0 aliphatic heterocycles. The average Bonchev–Trinajstić information content (AvgIpc) is 3.46. The molecule has 7 rings (SSSR count). The maximum atomic E-state index is 10.4. The fraction of sp³-hybridized carbons (Fsp3) is 0. The van der Waals surface area contributed by atoms with Crippen LogP contribution in [0.15, 0.2) is 106 Å². The predicted octanol–water partition coefficient (Wildman–Crippen LogP) is 9.34. The summed E-state index contributed by atoms with van der Waals surface area (Å²) < 4.78 is 12.1. The number of nitrogens with zero attached hydrogens (tertiary/aromatic N) is 1. The molecule has 0 unspecified atom stereocenters. The highest BCUT2D eigenvalue weighted by atomic mass is 35.5. The van der Waals surface area contributed by atoms with Crippen LogP contribution in [0.25, 0.3) is 66.1 Å². The van der Waals surface area contributed by atoms with Gasteiger partial charge in [-0.2, -0.15) is 5.26 Å². The van der Waals surface area contributed by atoms with E-state index in [0.717, 1.165) is 66.1 Å². The van der Waals surface area contributed by atoms with Crippen LogP contribution in [0, 0.1) is 11.3 Å². The molecule has 0 amide bonds. The molecule has 0 aliphatic rings. The van der Waals surface area contributed by atoms with Gasteiger partial charge in [-0.25, -0.2) is 0 Å². The first-order valence-electron chi connectivity index (χ1n) is 11.3. The van der Waals surface area contributed by atoms with Crippen molar-refractivity contribution in [2.45, 2.75) is 0 Å². The van der Waals surface area contributed by atoms with E-state index in [-0.39, 0.29) is 0 Å². The Morgan fingerprint density at radius 3 is 2.06 bits per heavy atom. The molecule has 0 fully saturated rings. The highest BCUT2D eigenvalue weighted by molar-refractivity contribution is 6.31. The SMILES string of the molecule is N#Cc1c(-c2ccc3oc4ccccc4c3c2)cc(Cl)cc1-c1cccc2oc3ccccc3c12. The zero-order valence-electron chi connectivity index (χ0n) is 18.4. The summed E-state index contributed by atoms with van der Waals surface area (Å²) in [7, 11) is 0. The van der Waals surface area contributed by atoms with Gasteiger partial charge >= 0.3 is 0 Å². The molecule has 2 heterocycles. The van der Waals surface area contributed by atoms with E-state index < -0.39 is 0 Å². The van der Waals surface area contributed by atoms with Crippen molar-refractivity contribution in [1.82, 2.24) is 0 Å². The predicted molar refractivity (Wildman–Crippen MR) is 142 cm³/mol. The molecule has 5 aromatic carbocycles. The molecule has 164 valence electrons. The van der Waals surface area contributed by atoms with Gasteiger partial charge in [0.1, 0.15) is 28.4 Å². The van der Waals surface area contributed by atoms with Crippen LogP contribution in [-0.2, 0) is 0 Å². The number of nitriles is 1. The standard InChI is InChI=1S/C31H16ClNO2/c32-19-15-23(18-12-13-29-25(14-18)20-6-1-3-9-27(20)34-29)26(17-33)24(16-19)21-8-5-11-30-31(21)22-7-2-4-10-28(22)35-30/h1-16H. The molecule has 0 saturated heterocycles. The monoisotopic (exact) mass is 469 g/mol. The number of hydrogen-bond acceptors (Lipinski definition) is 3. The zero-order chi connectivity index (χ0) is 23.5. The number of fused-ring (bicyclic) bond motifs is 6. The molecule has 7 aromatic rings. The third-order valence-corrected chi connectivity index (χ3v) is 6.81. The number of rotatable bonds is 2. The lowest BCUT2D eigenvalue weighted by Gasteiger charge is -2.13. The van der Waals surface area contributed by atoms with Gasteiger partial charge in [0.15, 0.2) is 0 Å². The molecule has 0 radical (unpaired) electrons. The van der Waals surface area contributed by atoms with Crippen molar-refractivity contribution in [3.8, 4) is 28.3 Å². The number of halogens is 1. The molecule has 0 N–H and O–H groups in total. The van der Waals surface area contributed by atoms with Crippen LogP contribution >= 0.6 is 11.6 Å². The Morgan fingerprint density at radius 1 is 0.571 bits per heavy atom. The summed E-state index contributed by atoms with van der Waals surface area (Å²) in [6.45, 7) is 0. The van der Waals surface area contributed by atoms with Crippen molar-refractivity contribution >= 4 is 55.5 Å². The van der Waals surface area contributed by atoms with E-state index >= 15 is 0 Å². The van der Waals surface area contributed by atoms with E-state index in [2.05, 4.69) is 12.1 Å². The second-order valence-corrected chi connectivity index (χ2v) is 9.01. The molecule has 2 aromatic heterocycles. The van der Waals surface area contributed by atoms with Gasteiger partial charge in [0.25, 0.3) is 0 Å². The fourth-order valence-electron chi connectivity index (χ4n) is 5.06. The summed E-state index contributed by atoms with van der Waals surface area (Å²) in [6, 6.07) is 34.0. The lowest BCUT2D eigenvalue weighted by Crippen LogP contribution is -1.91. The normalized spacial score (nSPS) is 11.5. The Labute approximate surface area is 205 Å². The maximum Gasteiger partial charge on any atom is 0.136 e. The van der Waals surface area contributed by atoms with E-state index in [4.69, 9.17) is 20.4 Å². The van der Waals surface area contributed by atoms with Crippen molar-refractivity contribution in [2.75, 3.05) is 0 Å². The number of para-hydroxylation sites is 2. The fourth-order valence-corrected chi connectivity index (χ4v) is 5.28. The summed E-state index contributed by atoms with van der Waals surface area (Å²) in [5, 5.41) is 15.0. The Morgan fingerprint density at radius 2 is 1.23 bits per heavy atom. The van der Waals surface area contributed by atoms with Gasteiger partial charge in [0.2, 0.25) is 0 Å². The molecule has 4 heteroatoms. The van der Waals surface area contributed by atoms with E-state index in [1.807, 2.05) is 91.0 Å². The molecule has 3 nitrogen and oxygen atoms in total. The Balaban J connectivity index is 1.52. The van der Waals surface area contributed by atoms with Crippen molar-refractivity contribution < 1.29 is 8.83 Å². The van der Waals surface area contributed by atoms with E-state index in [9.17, 15) is 5.26 Å². The molecular formula is C31H16ClNO2. The average molecular weight is 470 g/mol. The summed E-state index contributed by atoms with van der Waals surface area (Å²) in [5.74, 6) is 0. The van der Waals surface area contributed by atoms with Gasteiger partial charge in [0, 0.05) is 37.7 Å². The van der Waals surface area contributed by atoms with E-state index in [0.29, 0.717) is 10.6 Å². The van der Waals surface area contributed by atoms with Crippen LogP contribution in [0.4, 0.5) is 0 Å². The number of hydrogen-bond donors (Lipinski definition) is 0. The van der Waals surface area contributed by atoms with E-state index in [1.165, 1.54) is 0 Å². The van der Waals surface area contributed by atoms with Gasteiger partial charge in [-0.1, -0.05) is 66.2 Å². The summed E-state index contributed by atoms with van der Waals surface area (Å²) in [5.41, 5.74) is 7.20. The van der Waals surface area contributed by atoms with Crippen molar-refractivity contribution in [1.29, 1.82) is 5.26 Å². The van der Waals surface area contributed by atoms with Crippen LogP contribution in [0.5, 0.6) is 0 Å². The lowest BCUT2D eigenvalue weighted by atomic mass is 9.90. The van der Waals surface area contributed by atoms with Gasteiger partial charge in [-0.15, -0.1) is 0 Å². The van der Waals surface area contributed by atoms with Gasteiger partial charge in [-0.05, 0) is 53.6 Å². The van der Waals surface area contributed by atoms with Crippen LogP contribution in [0.3, 0.4) is 0 Å². The molecular weight excluding hydrogens is 454 g/mol. The first-order chi connectivity index (χ1) is 17.2. The number of benzene rings is 5. The number of furan rings is 2. The first kappa shape index (κ1) is 19.9. The summed E-state index contributed by atoms with van der Waals surface area (Å²) >= 11 is 6.66. The molecule has 0 bridgehead atoms. The highest BCUT2D eigenvalue weighted by Gasteiger charge is 2.19. The molecule has 0 aliphatic carbocycles. The second-order valence-electron chi connectivity index (χ2n) is 8.57. The van der Waals surface area contributed by atoms with Crippen LogP contribution in [-0.4, -0.2) is 0 Å². The summed E-state index contributed by atoms with van der Waals surface area (Å²) in [4.78, 5) is 0. The second kappa shape index (κ2) is 7.50. The maximum absolute atomic E-state index is 10.4. The van der Waals surface area contributed by atoms with E-state index in [1.54, 1.807) is 0 Å². The van der Waals surface area contributed by atoms with Gasteiger partial charge in [-0.3, -0.25) is 0 Å². The Bertz CT molecular complexity index is 1990. The van der Waals surface area contributed by atoms with Crippen molar-refractivity contribution in [3.63, 3.8) is 0 Å². The van der Waals surface area contributed by atoms with Crippen molar-refractivity contribution in [2.24, 2.45) is 0 Å². The van der Waals surface area contributed by atoms with Crippen molar-refractivity contribution in [3.05, 3.63) is 108 Å². The van der Waals surface area contributed by atoms with Crippen LogP contribution in [0.1, 0.15) is 5.56 Å². The Kier molecular flexibility index (Phi) is 4.26. The molecule has 0 atom stereocenters. The molecule has 35 heavy (non-hydrogen) atoms. The molecule has 0 saturated carbocycles. The lowest BCUT2D eigenvalue weighted by molar-refractivity contribution is 0.668. The summed E-state index contributed by atoms with van der Waals surface area (Å²) in [6.07, 6.45) is 0.